The van der Waals surface area contributed by atoms with Gasteiger partial charge in [0.25, 0.3) is 0 Å². The van der Waals surface area contributed by atoms with Gasteiger partial charge in [-0.15, -0.1) is 0 Å². The summed E-state index contributed by atoms with van der Waals surface area (Å²) in [4.78, 5) is 14.6. The minimum atomic E-state index is -0.297. The molecular weight excluding hydrogens is 303 g/mol. The van der Waals surface area contributed by atoms with E-state index in [0.717, 1.165) is 12.0 Å². The van der Waals surface area contributed by atoms with Crippen molar-refractivity contribution in [1.29, 1.82) is 0 Å². The average Bonchev–Trinajstić information content (AvgIpc) is 2.76. The van der Waals surface area contributed by atoms with Crippen molar-refractivity contribution in [3.63, 3.8) is 0 Å². The molecule has 0 aliphatic carbocycles. The normalized spacial score (nSPS) is 14.0. The molecule has 0 radical (unpaired) electrons. The van der Waals surface area contributed by atoms with Crippen LogP contribution >= 0.6 is 0 Å². The van der Waals surface area contributed by atoms with Crippen molar-refractivity contribution in [1.82, 2.24) is 9.47 Å². The van der Waals surface area contributed by atoms with Crippen molar-refractivity contribution in [2.24, 2.45) is 7.05 Å². The molecule has 0 bridgehead atoms. The average molecular weight is 322 g/mol. The number of halogens is 1. The number of benzene rings is 2. The van der Waals surface area contributed by atoms with E-state index in [4.69, 9.17) is 0 Å². The molecule has 4 rings (SSSR count). The predicted octanol–water partition coefficient (Wildman–Crippen LogP) is 3.44. The molecule has 0 spiro atoms. The van der Waals surface area contributed by atoms with Crippen LogP contribution in [-0.2, 0) is 31.2 Å². The smallest absolute Gasteiger partial charge is 0.227 e. The lowest BCUT2D eigenvalue weighted by Gasteiger charge is -2.21. The molecule has 0 saturated carbocycles. The van der Waals surface area contributed by atoms with Gasteiger partial charge in [-0.05, 0) is 41.3 Å². The standard InChI is InChI=1S/C20H19FN2O/c1-22-12-16-8-9-23(13-15-5-3-7-18(22)20(15)16)19(24)11-14-4-2-6-17(21)10-14/h2-7,10,12H,8-9,11,13H2,1H3. The second kappa shape index (κ2) is 5.78. The first-order valence-electron chi connectivity index (χ1n) is 8.20. The molecule has 2 heterocycles. The Morgan fingerprint density at radius 2 is 2.00 bits per heavy atom. The monoisotopic (exact) mass is 322 g/mol. The first-order chi connectivity index (χ1) is 11.6. The van der Waals surface area contributed by atoms with E-state index in [1.165, 1.54) is 34.2 Å². The maximum Gasteiger partial charge on any atom is 0.227 e. The Morgan fingerprint density at radius 3 is 2.83 bits per heavy atom. The van der Waals surface area contributed by atoms with Gasteiger partial charge in [-0.25, -0.2) is 4.39 Å². The van der Waals surface area contributed by atoms with Crippen molar-refractivity contribution < 1.29 is 9.18 Å². The zero-order valence-corrected chi connectivity index (χ0v) is 13.6. The Bertz CT molecular complexity index is 929. The van der Waals surface area contributed by atoms with Gasteiger partial charge in [-0.3, -0.25) is 4.79 Å². The topological polar surface area (TPSA) is 25.2 Å². The van der Waals surface area contributed by atoms with Gasteiger partial charge >= 0.3 is 0 Å². The molecule has 24 heavy (non-hydrogen) atoms. The van der Waals surface area contributed by atoms with E-state index in [0.29, 0.717) is 13.1 Å². The molecule has 1 aromatic heterocycles. The summed E-state index contributed by atoms with van der Waals surface area (Å²) in [5.41, 5.74) is 4.42. The number of hydrogen-bond donors (Lipinski definition) is 0. The number of nitrogens with zero attached hydrogens (tertiary/aromatic N) is 2. The van der Waals surface area contributed by atoms with Crippen LogP contribution < -0.4 is 0 Å². The molecule has 3 aromatic rings. The minimum absolute atomic E-state index is 0.0483. The summed E-state index contributed by atoms with van der Waals surface area (Å²) >= 11 is 0. The van der Waals surface area contributed by atoms with Crippen LogP contribution in [-0.4, -0.2) is 21.9 Å². The van der Waals surface area contributed by atoms with Crippen LogP contribution in [0.2, 0.25) is 0 Å². The van der Waals surface area contributed by atoms with E-state index in [-0.39, 0.29) is 18.1 Å². The third kappa shape index (κ3) is 2.58. The van der Waals surface area contributed by atoms with Gasteiger partial charge in [0, 0.05) is 37.2 Å². The Kier molecular flexibility index (Phi) is 3.60. The van der Waals surface area contributed by atoms with Crippen LogP contribution in [0.1, 0.15) is 16.7 Å². The Morgan fingerprint density at radius 1 is 1.17 bits per heavy atom. The van der Waals surface area contributed by atoms with E-state index in [9.17, 15) is 9.18 Å². The lowest BCUT2D eigenvalue weighted by molar-refractivity contribution is -0.131. The molecular formula is C20H19FN2O. The lowest BCUT2D eigenvalue weighted by Crippen LogP contribution is -2.32. The number of aryl methyl sites for hydroxylation is 1. The Balaban J connectivity index is 1.61. The fourth-order valence-electron chi connectivity index (χ4n) is 3.63. The Labute approximate surface area is 140 Å². The SMILES string of the molecule is Cn1cc2c3c(cccc31)CN(C(=O)Cc1cccc(F)c1)CC2. The van der Waals surface area contributed by atoms with Gasteiger partial charge in [-0.1, -0.05) is 24.3 Å². The number of aromatic nitrogens is 1. The zero-order chi connectivity index (χ0) is 16.7. The van der Waals surface area contributed by atoms with Crippen LogP contribution in [0.3, 0.4) is 0 Å². The number of hydrogen-bond acceptors (Lipinski definition) is 1. The van der Waals surface area contributed by atoms with Gasteiger partial charge in [0.05, 0.1) is 6.42 Å². The largest absolute Gasteiger partial charge is 0.350 e. The van der Waals surface area contributed by atoms with Gasteiger partial charge in [0.15, 0.2) is 0 Å². The first-order valence-corrected chi connectivity index (χ1v) is 8.20. The molecule has 1 amide bonds. The number of carbonyl (C=O) groups is 1. The van der Waals surface area contributed by atoms with Gasteiger partial charge in [-0.2, -0.15) is 0 Å². The van der Waals surface area contributed by atoms with Crippen molar-refractivity contribution in [2.45, 2.75) is 19.4 Å². The highest BCUT2D eigenvalue weighted by Gasteiger charge is 2.21. The fraction of sp³-hybridized carbons (Fsp3) is 0.250. The van der Waals surface area contributed by atoms with E-state index < -0.39 is 0 Å². The molecule has 122 valence electrons. The van der Waals surface area contributed by atoms with E-state index in [1.807, 2.05) is 11.0 Å². The maximum atomic E-state index is 13.3. The molecule has 2 aromatic carbocycles. The third-order valence-corrected chi connectivity index (χ3v) is 4.79. The molecule has 1 aliphatic heterocycles. The second-order valence-corrected chi connectivity index (χ2v) is 6.45. The first kappa shape index (κ1) is 14.9. The van der Waals surface area contributed by atoms with Crippen LogP contribution in [0.15, 0.2) is 48.7 Å². The summed E-state index contributed by atoms with van der Waals surface area (Å²) in [7, 11) is 2.06. The summed E-state index contributed by atoms with van der Waals surface area (Å²) in [5, 5.41) is 1.28. The quantitative estimate of drug-likeness (QED) is 0.709. The maximum absolute atomic E-state index is 13.3. The molecule has 4 heteroatoms. The lowest BCUT2D eigenvalue weighted by atomic mass is 10.1. The van der Waals surface area contributed by atoms with Gasteiger partial charge in [0.1, 0.15) is 5.82 Å². The van der Waals surface area contributed by atoms with Gasteiger partial charge in [0.2, 0.25) is 5.91 Å². The number of amides is 1. The fourth-order valence-corrected chi connectivity index (χ4v) is 3.63. The highest BCUT2D eigenvalue weighted by molar-refractivity contribution is 5.88. The van der Waals surface area contributed by atoms with Gasteiger partial charge < -0.3 is 9.47 Å². The Hall–Kier alpha value is -2.62. The van der Waals surface area contributed by atoms with Crippen LogP contribution in [0.25, 0.3) is 10.9 Å². The summed E-state index contributed by atoms with van der Waals surface area (Å²) in [5.74, 6) is -0.249. The molecule has 0 saturated heterocycles. The van der Waals surface area contributed by atoms with Crippen molar-refractivity contribution in [3.8, 4) is 0 Å². The van der Waals surface area contributed by atoms with Crippen LogP contribution in [0.5, 0.6) is 0 Å². The highest BCUT2D eigenvalue weighted by atomic mass is 19.1. The summed E-state index contributed by atoms with van der Waals surface area (Å²) in [6.07, 6.45) is 3.25. The molecule has 0 unspecified atom stereocenters. The summed E-state index contributed by atoms with van der Waals surface area (Å²) in [6, 6.07) is 12.5. The van der Waals surface area contributed by atoms with E-state index in [1.54, 1.807) is 12.1 Å². The van der Waals surface area contributed by atoms with Crippen LogP contribution in [0.4, 0.5) is 4.39 Å². The molecule has 0 fully saturated rings. The number of rotatable bonds is 2. The van der Waals surface area contributed by atoms with Crippen LogP contribution in [0, 0.1) is 5.82 Å². The predicted molar refractivity (Wildman–Crippen MR) is 92.1 cm³/mol. The van der Waals surface area contributed by atoms with Crippen molar-refractivity contribution >= 4 is 16.8 Å². The second-order valence-electron chi connectivity index (χ2n) is 6.45. The highest BCUT2D eigenvalue weighted by Crippen LogP contribution is 2.29. The molecule has 0 atom stereocenters. The summed E-state index contributed by atoms with van der Waals surface area (Å²) < 4.78 is 15.5. The molecule has 1 aliphatic rings. The molecule has 3 nitrogen and oxygen atoms in total. The van der Waals surface area contributed by atoms with E-state index >= 15 is 0 Å². The zero-order valence-electron chi connectivity index (χ0n) is 13.6. The van der Waals surface area contributed by atoms with E-state index in [2.05, 4.69) is 29.9 Å². The third-order valence-electron chi connectivity index (χ3n) is 4.79. The number of carbonyl (C=O) groups excluding carboxylic acids is 1. The minimum Gasteiger partial charge on any atom is -0.350 e. The summed E-state index contributed by atoms with van der Waals surface area (Å²) in [6.45, 7) is 1.31. The molecule has 0 N–H and O–H groups in total. The van der Waals surface area contributed by atoms with Crippen molar-refractivity contribution in [2.75, 3.05) is 6.54 Å². The van der Waals surface area contributed by atoms with Crippen molar-refractivity contribution in [3.05, 3.63) is 71.2 Å².